The van der Waals surface area contributed by atoms with E-state index in [1.165, 1.54) is 6.21 Å². The van der Waals surface area contributed by atoms with Gasteiger partial charge in [0.1, 0.15) is 11.5 Å². The lowest BCUT2D eigenvalue weighted by Crippen LogP contribution is -1.88. The molecule has 0 aliphatic rings. The Labute approximate surface area is 112 Å². The van der Waals surface area contributed by atoms with Gasteiger partial charge in [0.25, 0.3) is 0 Å². The molecule has 0 saturated carbocycles. The lowest BCUT2D eigenvalue weighted by Gasteiger charge is -2.00. The van der Waals surface area contributed by atoms with Crippen molar-refractivity contribution in [2.24, 2.45) is 4.99 Å². The first-order chi connectivity index (χ1) is 9.65. The maximum Gasteiger partial charge on any atom is 0.154 e. The molecule has 0 radical (unpaired) electrons. The van der Waals surface area contributed by atoms with Gasteiger partial charge in [-0.15, -0.1) is 0 Å². The van der Waals surface area contributed by atoms with Crippen molar-refractivity contribution >= 4 is 22.8 Å². The lowest BCUT2D eigenvalue weighted by atomic mass is 10.1. The van der Waals surface area contributed by atoms with Gasteiger partial charge in [-0.05, 0) is 6.07 Å². The highest BCUT2D eigenvalue weighted by Crippen LogP contribution is 2.24. The second-order valence-electron chi connectivity index (χ2n) is 4.27. The van der Waals surface area contributed by atoms with E-state index < -0.39 is 23.1 Å². The topological polar surface area (TPSA) is 28.1 Å². The summed E-state index contributed by atoms with van der Waals surface area (Å²) >= 11 is 0. The summed E-state index contributed by atoms with van der Waals surface area (Å²) in [6.45, 7) is 0. The second-order valence-corrected chi connectivity index (χ2v) is 4.27. The summed E-state index contributed by atoms with van der Waals surface area (Å²) in [5, 5.41) is 0.967. The molecule has 0 spiro atoms. The number of aliphatic imine (C=N–C) groups is 1. The molecule has 3 rings (SSSR count). The summed E-state index contributed by atoms with van der Waals surface area (Å²) < 4.78 is 39.7. The van der Waals surface area contributed by atoms with E-state index in [2.05, 4.69) is 9.98 Å². The van der Waals surface area contributed by atoms with E-state index in [-0.39, 0.29) is 0 Å². The van der Waals surface area contributed by atoms with Crippen LogP contribution in [0.2, 0.25) is 0 Å². The molecule has 0 aliphatic heterocycles. The number of hydrogen-bond acceptors (Lipinski definition) is 1. The summed E-state index contributed by atoms with van der Waals surface area (Å²) in [6.07, 6.45) is 3.11. The fourth-order valence-corrected chi connectivity index (χ4v) is 2.01. The smallest absolute Gasteiger partial charge is 0.154 e. The fraction of sp³-hybridized carbons (Fsp3) is 0. The number of fused-ring (bicyclic) bond motifs is 1. The molecule has 0 unspecified atom stereocenters. The Morgan fingerprint density at radius 2 is 1.75 bits per heavy atom. The number of nitrogens with one attached hydrogen (secondary N) is 1. The normalized spacial score (nSPS) is 11.6. The van der Waals surface area contributed by atoms with Crippen molar-refractivity contribution in [3.63, 3.8) is 0 Å². The van der Waals surface area contributed by atoms with E-state index in [0.29, 0.717) is 17.7 Å². The molecule has 0 saturated heterocycles. The standard InChI is InChI=1S/C15H9F3N2/c16-11-6-12(17)15(13(18)7-11)20-8-10-3-1-2-9-4-5-19-14(9)10/h1-8,19H/b20-8+. The number of halogens is 3. The maximum absolute atomic E-state index is 13.5. The summed E-state index contributed by atoms with van der Waals surface area (Å²) in [5.74, 6) is -3.03. The van der Waals surface area contributed by atoms with Crippen molar-refractivity contribution in [2.75, 3.05) is 0 Å². The predicted octanol–water partition coefficient (Wildman–Crippen LogP) is 4.34. The molecule has 3 aromatic rings. The van der Waals surface area contributed by atoms with Gasteiger partial charge in [-0.1, -0.05) is 18.2 Å². The quantitative estimate of drug-likeness (QED) is 0.673. The fourth-order valence-electron chi connectivity index (χ4n) is 2.01. The van der Waals surface area contributed by atoms with Crippen molar-refractivity contribution in [3.05, 3.63) is 65.6 Å². The van der Waals surface area contributed by atoms with E-state index in [1.54, 1.807) is 12.3 Å². The molecular weight excluding hydrogens is 265 g/mol. The number of hydrogen-bond donors (Lipinski definition) is 1. The van der Waals surface area contributed by atoms with Crippen molar-refractivity contribution < 1.29 is 13.2 Å². The van der Waals surface area contributed by atoms with Crippen LogP contribution in [0.3, 0.4) is 0 Å². The highest BCUT2D eigenvalue weighted by molar-refractivity contribution is 5.98. The zero-order valence-electron chi connectivity index (χ0n) is 10.2. The summed E-state index contributed by atoms with van der Waals surface area (Å²) in [7, 11) is 0. The SMILES string of the molecule is Fc1cc(F)c(/N=C/c2cccc3cc[nH]c23)c(F)c1. The average Bonchev–Trinajstić information content (AvgIpc) is 2.86. The van der Waals surface area contributed by atoms with Gasteiger partial charge in [0.15, 0.2) is 11.6 Å². The molecule has 5 heteroatoms. The van der Waals surface area contributed by atoms with E-state index in [4.69, 9.17) is 0 Å². The minimum absolute atomic E-state index is 0.505. The number of aromatic amines is 1. The van der Waals surface area contributed by atoms with Gasteiger partial charge in [0.05, 0.1) is 5.52 Å². The minimum atomic E-state index is -1.03. The second kappa shape index (κ2) is 4.85. The van der Waals surface area contributed by atoms with Crippen LogP contribution < -0.4 is 0 Å². The van der Waals surface area contributed by atoms with E-state index >= 15 is 0 Å². The van der Waals surface area contributed by atoms with Crippen LogP contribution in [0.1, 0.15) is 5.56 Å². The van der Waals surface area contributed by atoms with Crippen LogP contribution in [0.5, 0.6) is 0 Å². The number of rotatable bonds is 2. The Hall–Kier alpha value is -2.56. The van der Waals surface area contributed by atoms with Crippen molar-refractivity contribution in [1.29, 1.82) is 0 Å². The van der Waals surface area contributed by atoms with Gasteiger partial charge in [0, 0.05) is 35.5 Å². The molecule has 0 amide bonds. The monoisotopic (exact) mass is 274 g/mol. The highest BCUT2D eigenvalue weighted by Gasteiger charge is 2.10. The van der Waals surface area contributed by atoms with Gasteiger partial charge in [-0.3, -0.25) is 0 Å². The Morgan fingerprint density at radius 3 is 2.50 bits per heavy atom. The Kier molecular flexibility index (Phi) is 3.02. The first kappa shape index (κ1) is 12.5. The molecule has 100 valence electrons. The van der Waals surface area contributed by atoms with E-state index in [1.807, 2.05) is 18.2 Å². The van der Waals surface area contributed by atoms with E-state index in [0.717, 1.165) is 10.9 Å². The lowest BCUT2D eigenvalue weighted by molar-refractivity contribution is 0.547. The first-order valence-electron chi connectivity index (χ1n) is 5.90. The molecule has 0 fully saturated rings. The van der Waals surface area contributed by atoms with Crippen LogP contribution in [-0.2, 0) is 0 Å². The molecule has 0 bridgehead atoms. The zero-order valence-corrected chi connectivity index (χ0v) is 10.2. The van der Waals surface area contributed by atoms with Crippen LogP contribution in [0.25, 0.3) is 10.9 Å². The van der Waals surface area contributed by atoms with Crippen LogP contribution >= 0.6 is 0 Å². The van der Waals surface area contributed by atoms with Crippen LogP contribution in [0, 0.1) is 17.5 Å². The number of H-pyrrole nitrogens is 1. The minimum Gasteiger partial charge on any atom is -0.361 e. The molecule has 0 atom stereocenters. The average molecular weight is 274 g/mol. The third-order valence-electron chi connectivity index (χ3n) is 2.93. The van der Waals surface area contributed by atoms with Gasteiger partial charge in [-0.25, -0.2) is 18.2 Å². The van der Waals surface area contributed by atoms with Gasteiger partial charge >= 0.3 is 0 Å². The summed E-state index contributed by atoms with van der Waals surface area (Å²) in [5.41, 5.74) is 1.00. The van der Waals surface area contributed by atoms with Crippen molar-refractivity contribution in [1.82, 2.24) is 4.98 Å². The Morgan fingerprint density at radius 1 is 1.00 bits per heavy atom. The molecule has 0 aliphatic carbocycles. The Bertz CT molecular complexity index is 783. The van der Waals surface area contributed by atoms with Gasteiger partial charge in [-0.2, -0.15) is 0 Å². The highest BCUT2D eigenvalue weighted by atomic mass is 19.1. The zero-order chi connectivity index (χ0) is 14.1. The molecule has 2 aromatic carbocycles. The van der Waals surface area contributed by atoms with Gasteiger partial charge < -0.3 is 4.98 Å². The van der Waals surface area contributed by atoms with Crippen molar-refractivity contribution in [2.45, 2.75) is 0 Å². The molecule has 20 heavy (non-hydrogen) atoms. The van der Waals surface area contributed by atoms with Crippen LogP contribution in [0.4, 0.5) is 18.9 Å². The molecular formula is C15H9F3N2. The molecule has 1 aromatic heterocycles. The van der Waals surface area contributed by atoms with Crippen LogP contribution in [0.15, 0.2) is 47.6 Å². The summed E-state index contributed by atoms with van der Waals surface area (Å²) in [6, 6.07) is 8.57. The van der Waals surface area contributed by atoms with Gasteiger partial charge in [0.2, 0.25) is 0 Å². The number of para-hydroxylation sites is 1. The molecule has 2 nitrogen and oxygen atoms in total. The number of benzene rings is 2. The summed E-state index contributed by atoms with van der Waals surface area (Å²) in [4.78, 5) is 6.81. The van der Waals surface area contributed by atoms with E-state index in [9.17, 15) is 13.2 Å². The maximum atomic E-state index is 13.5. The third-order valence-corrected chi connectivity index (χ3v) is 2.93. The largest absolute Gasteiger partial charge is 0.361 e. The first-order valence-corrected chi connectivity index (χ1v) is 5.90. The number of nitrogens with zero attached hydrogens (tertiary/aromatic N) is 1. The third kappa shape index (κ3) is 2.18. The number of aromatic nitrogens is 1. The van der Waals surface area contributed by atoms with Crippen molar-refractivity contribution in [3.8, 4) is 0 Å². The predicted molar refractivity (Wildman–Crippen MR) is 71.9 cm³/mol. The Balaban J connectivity index is 2.05. The molecule has 1 heterocycles. The van der Waals surface area contributed by atoms with Crippen LogP contribution in [-0.4, -0.2) is 11.2 Å². The molecule has 1 N–H and O–H groups in total.